The molecule has 0 bridgehead atoms. The van der Waals surface area contributed by atoms with Gasteiger partial charge in [-0.05, 0) is 6.07 Å². The number of hydrogen-bond donors (Lipinski definition) is 5. The van der Waals surface area contributed by atoms with E-state index in [-0.39, 0.29) is 12.2 Å². The summed E-state index contributed by atoms with van der Waals surface area (Å²) in [6.45, 7) is -0.720. The number of ether oxygens (including phenoxy) is 2. The molecule has 146 valence electrons. The molecule has 1 saturated heterocycles. The number of nitrogens with zero attached hydrogens (tertiary/aromatic N) is 4. The minimum absolute atomic E-state index is 0.0119. The summed E-state index contributed by atoms with van der Waals surface area (Å²) >= 11 is 0. The third-order valence-electron chi connectivity index (χ3n) is 4.02. The minimum atomic E-state index is -1.54. The number of pyridine rings is 1. The van der Waals surface area contributed by atoms with Crippen LogP contribution in [0.3, 0.4) is 0 Å². The lowest BCUT2D eigenvalue weighted by molar-refractivity contribution is -0.304. The molecule has 12 nitrogen and oxygen atoms in total. The van der Waals surface area contributed by atoms with Gasteiger partial charge in [-0.1, -0.05) is 5.21 Å². The van der Waals surface area contributed by atoms with Crippen molar-refractivity contribution in [2.75, 3.05) is 6.61 Å². The molecule has 1 fully saturated rings. The van der Waals surface area contributed by atoms with E-state index in [9.17, 15) is 20.1 Å². The fourth-order valence-electron chi connectivity index (χ4n) is 2.53. The van der Waals surface area contributed by atoms with E-state index >= 15 is 0 Å². The van der Waals surface area contributed by atoms with Crippen LogP contribution in [-0.2, 0) is 16.1 Å². The van der Waals surface area contributed by atoms with E-state index in [0.29, 0.717) is 11.4 Å². The monoisotopic (exact) mass is 382 g/mol. The summed E-state index contributed by atoms with van der Waals surface area (Å²) in [5.74, 6) is -1.13. The van der Waals surface area contributed by atoms with Crippen molar-refractivity contribution in [3.05, 3.63) is 35.9 Å². The lowest BCUT2D eigenvalue weighted by atomic mass is 9.99. The highest BCUT2D eigenvalue weighted by atomic mass is 16.7. The van der Waals surface area contributed by atoms with E-state index in [1.54, 1.807) is 0 Å². The van der Waals surface area contributed by atoms with E-state index in [4.69, 9.17) is 19.7 Å². The van der Waals surface area contributed by atoms with Crippen molar-refractivity contribution < 1.29 is 39.8 Å². The first-order chi connectivity index (χ1) is 12.9. The zero-order valence-electron chi connectivity index (χ0n) is 13.9. The smallest absolute Gasteiger partial charge is 0.337 e. The van der Waals surface area contributed by atoms with Crippen LogP contribution in [0.4, 0.5) is 0 Å². The van der Waals surface area contributed by atoms with Gasteiger partial charge in [0, 0.05) is 6.20 Å². The first-order valence-corrected chi connectivity index (χ1v) is 7.92. The largest absolute Gasteiger partial charge is 0.478 e. The van der Waals surface area contributed by atoms with Gasteiger partial charge in [0.05, 0.1) is 36.9 Å². The SMILES string of the molecule is O=C(O)c1cncc(-n2cc(CO[C@H]3O[C@H](CO)[C@@H](O)[C@H](O)[C@@H]3O)nn2)c1. The van der Waals surface area contributed by atoms with Gasteiger partial charge < -0.3 is 35.0 Å². The van der Waals surface area contributed by atoms with Crippen LogP contribution in [-0.4, -0.2) is 88.8 Å². The molecule has 0 radical (unpaired) electrons. The maximum Gasteiger partial charge on any atom is 0.337 e. The Morgan fingerprint density at radius 2 is 2.00 bits per heavy atom. The summed E-state index contributed by atoms with van der Waals surface area (Å²) < 4.78 is 11.9. The second kappa shape index (κ2) is 8.04. The highest BCUT2D eigenvalue weighted by molar-refractivity contribution is 5.87. The van der Waals surface area contributed by atoms with Crippen molar-refractivity contribution in [1.29, 1.82) is 0 Å². The van der Waals surface area contributed by atoms with E-state index in [1.807, 2.05) is 0 Å². The molecule has 3 heterocycles. The highest BCUT2D eigenvalue weighted by Crippen LogP contribution is 2.22. The quantitative estimate of drug-likeness (QED) is 0.362. The fourth-order valence-corrected chi connectivity index (χ4v) is 2.53. The van der Waals surface area contributed by atoms with Crippen molar-refractivity contribution in [3.63, 3.8) is 0 Å². The average Bonchev–Trinajstić information content (AvgIpc) is 3.15. The molecule has 5 N–H and O–H groups in total. The highest BCUT2D eigenvalue weighted by Gasteiger charge is 2.44. The van der Waals surface area contributed by atoms with Crippen LogP contribution in [0.1, 0.15) is 16.1 Å². The Bertz CT molecular complexity index is 798. The lowest BCUT2D eigenvalue weighted by Crippen LogP contribution is -2.59. The van der Waals surface area contributed by atoms with Crippen molar-refractivity contribution >= 4 is 5.97 Å². The van der Waals surface area contributed by atoms with E-state index in [0.717, 1.165) is 0 Å². The number of carbonyl (C=O) groups is 1. The van der Waals surface area contributed by atoms with Crippen molar-refractivity contribution in [3.8, 4) is 5.69 Å². The number of aliphatic hydroxyl groups excluding tert-OH is 4. The zero-order valence-corrected chi connectivity index (χ0v) is 13.9. The number of carboxylic acids is 1. The second-order valence-electron chi connectivity index (χ2n) is 5.90. The van der Waals surface area contributed by atoms with Gasteiger partial charge in [0.2, 0.25) is 0 Å². The molecule has 0 amide bonds. The Balaban J connectivity index is 1.66. The molecular formula is C15H18N4O8. The molecule has 0 saturated carbocycles. The summed E-state index contributed by atoms with van der Waals surface area (Å²) in [6, 6.07) is 1.37. The number of hydrogen-bond acceptors (Lipinski definition) is 10. The number of aromatic nitrogens is 4. The lowest BCUT2D eigenvalue weighted by Gasteiger charge is -2.39. The maximum atomic E-state index is 11.0. The molecule has 1 aliphatic heterocycles. The predicted molar refractivity (Wildman–Crippen MR) is 84.7 cm³/mol. The topological polar surface area (TPSA) is 180 Å². The summed E-state index contributed by atoms with van der Waals surface area (Å²) in [4.78, 5) is 14.8. The van der Waals surface area contributed by atoms with Crippen LogP contribution < -0.4 is 0 Å². The average molecular weight is 382 g/mol. The third kappa shape index (κ3) is 4.10. The Morgan fingerprint density at radius 3 is 2.70 bits per heavy atom. The summed E-state index contributed by atoms with van der Waals surface area (Å²) in [7, 11) is 0. The fraction of sp³-hybridized carbons (Fsp3) is 0.467. The second-order valence-corrected chi connectivity index (χ2v) is 5.90. The number of carboxylic acid groups (broad SMARTS) is 1. The van der Waals surface area contributed by atoms with E-state index in [2.05, 4.69) is 15.3 Å². The molecular weight excluding hydrogens is 364 g/mol. The molecule has 3 rings (SSSR count). The van der Waals surface area contributed by atoms with Gasteiger partial charge in [-0.25, -0.2) is 9.48 Å². The van der Waals surface area contributed by atoms with Crippen LogP contribution in [0.2, 0.25) is 0 Å². The molecule has 2 aromatic rings. The van der Waals surface area contributed by atoms with E-state index in [1.165, 1.54) is 29.3 Å². The number of rotatable bonds is 6. The summed E-state index contributed by atoms with van der Waals surface area (Å²) in [6.07, 6.45) is -2.82. The molecule has 0 aliphatic carbocycles. The van der Waals surface area contributed by atoms with Gasteiger partial charge in [-0.15, -0.1) is 5.10 Å². The summed E-state index contributed by atoms with van der Waals surface area (Å²) in [5, 5.41) is 55.2. The first-order valence-electron chi connectivity index (χ1n) is 7.92. The molecule has 1 aliphatic rings. The Morgan fingerprint density at radius 1 is 1.22 bits per heavy atom. The van der Waals surface area contributed by atoms with E-state index < -0.39 is 43.3 Å². The van der Waals surface area contributed by atoms with Crippen LogP contribution in [0.15, 0.2) is 24.7 Å². The van der Waals surface area contributed by atoms with Crippen LogP contribution in [0.25, 0.3) is 5.69 Å². The van der Waals surface area contributed by atoms with Crippen molar-refractivity contribution in [1.82, 2.24) is 20.0 Å². The number of aliphatic hydroxyl groups is 4. The van der Waals surface area contributed by atoms with Crippen LogP contribution in [0, 0.1) is 0 Å². The van der Waals surface area contributed by atoms with Gasteiger partial charge in [-0.3, -0.25) is 4.98 Å². The van der Waals surface area contributed by atoms with Crippen LogP contribution in [0.5, 0.6) is 0 Å². The maximum absolute atomic E-state index is 11.0. The minimum Gasteiger partial charge on any atom is -0.478 e. The molecule has 5 atom stereocenters. The Labute approximate surface area is 152 Å². The molecule has 0 spiro atoms. The molecule has 0 aromatic carbocycles. The normalized spacial score (nSPS) is 28.2. The summed E-state index contributed by atoms with van der Waals surface area (Å²) in [5.41, 5.74) is 0.691. The van der Waals surface area contributed by atoms with Crippen LogP contribution >= 0.6 is 0 Å². The van der Waals surface area contributed by atoms with Gasteiger partial charge in [-0.2, -0.15) is 0 Å². The molecule has 0 unspecified atom stereocenters. The number of aromatic carboxylic acids is 1. The predicted octanol–water partition coefficient (Wildman–Crippen LogP) is -2.32. The Kier molecular flexibility index (Phi) is 5.74. The van der Waals surface area contributed by atoms with Crippen molar-refractivity contribution in [2.24, 2.45) is 0 Å². The molecule has 12 heteroatoms. The third-order valence-corrected chi connectivity index (χ3v) is 4.02. The van der Waals surface area contributed by atoms with Gasteiger partial charge >= 0.3 is 5.97 Å². The zero-order chi connectivity index (χ0) is 19.6. The first kappa shape index (κ1) is 19.3. The molecule has 2 aromatic heterocycles. The van der Waals surface area contributed by atoms with Gasteiger partial charge in [0.1, 0.15) is 30.1 Å². The Hall–Kier alpha value is -2.48. The van der Waals surface area contributed by atoms with Gasteiger partial charge in [0.15, 0.2) is 6.29 Å². The van der Waals surface area contributed by atoms with Crippen molar-refractivity contribution in [2.45, 2.75) is 37.3 Å². The van der Waals surface area contributed by atoms with Gasteiger partial charge in [0.25, 0.3) is 0 Å². The standard InChI is InChI=1S/C15H18N4O8/c20-5-10-11(21)12(22)13(23)15(27-10)26-6-8-4-19(18-17-8)9-1-7(14(24)25)2-16-3-9/h1-4,10-13,15,20-23H,5-6H2,(H,24,25)/t10-,11-,12+,13+,15+/m1/s1. The molecule has 27 heavy (non-hydrogen) atoms.